The molecule has 0 aliphatic carbocycles. The second-order valence-electron chi connectivity index (χ2n) is 2.93. The summed E-state index contributed by atoms with van der Waals surface area (Å²) >= 11 is 0. The first kappa shape index (κ1) is 36.5. The molecule has 0 saturated carbocycles. The molecule has 0 aromatic heterocycles. The van der Waals surface area contributed by atoms with E-state index in [0.29, 0.717) is 0 Å². The fourth-order valence-corrected chi connectivity index (χ4v) is 0.492. The van der Waals surface area contributed by atoms with E-state index in [0.717, 1.165) is 13.8 Å². The van der Waals surface area contributed by atoms with Crippen LogP contribution in [-0.2, 0) is 40.2 Å². The molecule has 0 fully saturated rings. The number of carbonyl (C=O) groups is 4. The van der Waals surface area contributed by atoms with Crippen LogP contribution in [0.4, 0.5) is 0 Å². The summed E-state index contributed by atoms with van der Waals surface area (Å²) in [6.07, 6.45) is 0. The molecule has 0 aromatic carbocycles. The number of carbonyl (C=O) groups excluding carboxylic acids is 4. The van der Waals surface area contributed by atoms with Crippen LogP contribution in [0.2, 0.25) is 0 Å². The van der Waals surface area contributed by atoms with Crippen molar-refractivity contribution in [1.29, 1.82) is 0 Å². The Morgan fingerprint density at radius 1 is 0.619 bits per heavy atom. The summed E-state index contributed by atoms with van der Waals surface area (Å²) < 4.78 is 0. The predicted octanol–water partition coefficient (Wildman–Crippen LogP) is -4.34. The number of carboxylic acid groups (broad SMARTS) is 4. The number of hydrogen-bond donors (Lipinski definition) is 2. The van der Waals surface area contributed by atoms with Crippen molar-refractivity contribution >= 4 is 23.9 Å². The molecule has 11 heteroatoms. The molecule has 6 N–H and O–H groups in total. The minimum atomic E-state index is -1.71. The third kappa shape index (κ3) is 45.9. The van der Waals surface area contributed by atoms with Crippen molar-refractivity contribution in [2.45, 2.75) is 27.7 Å². The molecule has 0 unspecified atom stereocenters. The van der Waals surface area contributed by atoms with Crippen LogP contribution in [0.5, 0.6) is 0 Å². The first-order valence-corrected chi connectivity index (χ1v) is 4.38. The summed E-state index contributed by atoms with van der Waals surface area (Å²) in [5, 5.41) is 37.8. The number of rotatable bonds is 2. The maximum atomic E-state index is 9.99. The number of carboxylic acids is 4. The van der Waals surface area contributed by atoms with Gasteiger partial charge in [0.1, 0.15) is 0 Å². The van der Waals surface area contributed by atoms with Gasteiger partial charge < -0.3 is 51.9 Å². The SMILES string of the molecule is CC(=O)[O-].CC(=O)[O-].CC(C)=C(C(=O)[O-])C(=O)[O-].N.N.[Pt+4]. The fourth-order valence-electron chi connectivity index (χ4n) is 0.492. The topological polar surface area (TPSA) is 231 Å². The molecule has 126 valence electrons. The quantitative estimate of drug-likeness (QED) is 0.215. The molecule has 0 radical (unpaired) electrons. The third-order valence-electron chi connectivity index (χ3n) is 0.908. The normalized spacial score (nSPS) is 6.48. The van der Waals surface area contributed by atoms with E-state index >= 15 is 0 Å². The summed E-state index contributed by atoms with van der Waals surface area (Å²) in [6, 6.07) is 0. The Balaban J connectivity index is -0.0000000439. The van der Waals surface area contributed by atoms with Crippen LogP contribution in [0.3, 0.4) is 0 Å². The summed E-state index contributed by atoms with van der Waals surface area (Å²) in [5.41, 5.74) is -0.611. The number of aliphatic carboxylic acids is 4. The van der Waals surface area contributed by atoms with Crippen LogP contribution in [0.25, 0.3) is 0 Å². The Kier molecular flexibility index (Phi) is 35.7. The van der Waals surface area contributed by atoms with E-state index in [4.69, 9.17) is 19.8 Å². The van der Waals surface area contributed by atoms with Crippen LogP contribution in [0.15, 0.2) is 11.1 Å². The minimum Gasteiger partial charge on any atom is -0.550 e. The van der Waals surface area contributed by atoms with Gasteiger partial charge >= 0.3 is 21.1 Å². The van der Waals surface area contributed by atoms with Crippen LogP contribution < -0.4 is 32.7 Å². The maximum absolute atomic E-state index is 9.99. The average Bonchev–Trinajstić information content (AvgIpc) is 1.96. The van der Waals surface area contributed by atoms with Crippen molar-refractivity contribution in [2.75, 3.05) is 0 Å². The van der Waals surface area contributed by atoms with E-state index in [1.54, 1.807) is 0 Å². The standard InChI is InChI=1S/C6H8O4.2C2H4O2.2H3N.Pt/c1-3(2)4(5(7)8)6(9)10;2*1-2(3)4;;;/h1-2H3,(H,7,8)(H,9,10);2*1H3,(H,3,4);2*1H3;/q;;;;;+4/p-4. The van der Waals surface area contributed by atoms with Gasteiger partial charge in [-0.25, -0.2) is 0 Å². The number of allylic oxidation sites excluding steroid dienone is 1. The summed E-state index contributed by atoms with van der Waals surface area (Å²) in [4.78, 5) is 37.8. The Bertz CT molecular complexity index is 328. The molecule has 0 rings (SSSR count). The van der Waals surface area contributed by atoms with Crippen LogP contribution in [-0.4, -0.2) is 23.9 Å². The minimum absolute atomic E-state index is 0. The molecule has 0 atom stereocenters. The summed E-state index contributed by atoms with van der Waals surface area (Å²) in [7, 11) is 0. The monoisotopic (exact) mass is 489 g/mol. The van der Waals surface area contributed by atoms with E-state index in [1.807, 2.05) is 0 Å². The smallest absolute Gasteiger partial charge is 0.550 e. The van der Waals surface area contributed by atoms with Crippen LogP contribution in [0.1, 0.15) is 27.7 Å². The molecule has 0 aliphatic rings. The Morgan fingerprint density at radius 2 is 0.762 bits per heavy atom. The van der Waals surface area contributed by atoms with E-state index in [9.17, 15) is 19.8 Å². The zero-order chi connectivity index (χ0) is 15.5. The molecular weight excluding hydrogens is 471 g/mol. The van der Waals surface area contributed by atoms with E-state index in [1.165, 1.54) is 13.8 Å². The molecule has 0 spiro atoms. The van der Waals surface area contributed by atoms with E-state index in [2.05, 4.69) is 0 Å². The molecule has 0 saturated heterocycles. The molecule has 21 heavy (non-hydrogen) atoms. The Labute approximate surface area is 136 Å². The van der Waals surface area contributed by atoms with Crippen molar-refractivity contribution in [3.63, 3.8) is 0 Å². The van der Waals surface area contributed by atoms with E-state index < -0.39 is 29.5 Å². The van der Waals surface area contributed by atoms with Crippen molar-refractivity contribution in [2.24, 2.45) is 0 Å². The van der Waals surface area contributed by atoms with Crippen molar-refractivity contribution in [3.8, 4) is 0 Å². The maximum Gasteiger partial charge on any atom is 4.00 e. The molecule has 0 bridgehead atoms. The van der Waals surface area contributed by atoms with Gasteiger partial charge in [0.2, 0.25) is 0 Å². The molecule has 10 nitrogen and oxygen atoms in total. The zero-order valence-electron chi connectivity index (χ0n) is 12.0. The van der Waals surface area contributed by atoms with Gasteiger partial charge in [0.15, 0.2) is 0 Å². The summed E-state index contributed by atoms with van der Waals surface area (Å²) in [6.45, 7) is 4.67. The first-order valence-electron chi connectivity index (χ1n) is 4.38. The van der Waals surface area contributed by atoms with Crippen molar-refractivity contribution in [3.05, 3.63) is 11.1 Å². The molecular formula is C10H18N2O8Pt. The molecule has 0 amide bonds. The van der Waals surface area contributed by atoms with Crippen molar-refractivity contribution < 1.29 is 60.7 Å². The molecule has 0 heterocycles. The summed E-state index contributed by atoms with van der Waals surface area (Å²) in [5.74, 6) is -5.58. The van der Waals surface area contributed by atoms with Gasteiger partial charge in [-0.3, -0.25) is 0 Å². The zero-order valence-corrected chi connectivity index (χ0v) is 14.3. The second-order valence-corrected chi connectivity index (χ2v) is 2.93. The van der Waals surface area contributed by atoms with E-state index in [-0.39, 0.29) is 38.9 Å². The van der Waals surface area contributed by atoms with Crippen LogP contribution in [0, 0.1) is 0 Å². The van der Waals surface area contributed by atoms with Crippen LogP contribution >= 0.6 is 0 Å². The van der Waals surface area contributed by atoms with Gasteiger partial charge in [0.25, 0.3) is 0 Å². The van der Waals surface area contributed by atoms with Crippen molar-refractivity contribution in [1.82, 2.24) is 12.3 Å². The van der Waals surface area contributed by atoms with Gasteiger partial charge in [-0.1, -0.05) is 5.57 Å². The van der Waals surface area contributed by atoms with Gasteiger partial charge in [-0.2, -0.15) is 0 Å². The second kappa shape index (κ2) is 20.5. The van der Waals surface area contributed by atoms with Gasteiger partial charge in [0, 0.05) is 17.5 Å². The number of hydrogen-bond acceptors (Lipinski definition) is 10. The van der Waals surface area contributed by atoms with Gasteiger partial charge in [0.05, 0.1) is 11.9 Å². The van der Waals surface area contributed by atoms with Gasteiger partial charge in [-0.05, 0) is 27.7 Å². The molecule has 0 aromatic rings. The molecule has 0 aliphatic heterocycles. The Morgan fingerprint density at radius 3 is 0.762 bits per heavy atom. The Hall–Kier alpha value is -1.77. The largest absolute Gasteiger partial charge is 4.00 e. The predicted molar refractivity (Wildman–Crippen MR) is 59.8 cm³/mol. The van der Waals surface area contributed by atoms with Gasteiger partial charge in [-0.15, -0.1) is 0 Å². The average molecular weight is 489 g/mol. The third-order valence-corrected chi connectivity index (χ3v) is 0.908. The first-order chi connectivity index (χ1) is 7.93. The fraction of sp³-hybridized carbons (Fsp3) is 0.400.